The quantitative estimate of drug-likeness (QED) is 0.525. The summed E-state index contributed by atoms with van der Waals surface area (Å²) in [6.45, 7) is 0. The highest BCUT2D eigenvalue weighted by molar-refractivity contribution is 5.85. The van der Waals surface area contributed by atoms with Crippen molar-refractivity contribution in [2.24, 2.45) is 0 Å². The molecule has 0 aliphatic heterocycles. The largest absolute Gasteiger partial charge is 0.494 e. The van der Waals surface area contributed by atoms with E-state index in [9.17, 15) is 0 Å². The van der Waals surface area contributed by atoms with Gasteiger partial charge in [-0.1, -0.05) is 0 Å². The minimum Gasteiger partial charge on any atom is -0.494 e. The third kappa shape index (κ3) is 1.45. The van der Waals surface area contributed by atoms with E-state index in [1.165, 1.54) is 12.3 Å². The molecule has 0 unspecified atom stereocenters. The van der Waals surface area contributed by atoms with Crippen molar-refractivity contribution in [1.29, 1.82) is 0 Å². The highest BCUT2D eigenvalue weighted by atomic mass is 35.5. The van der Waals surface area contributed by atoms with E-state index < -0.39 is 0 Å². The maximum Gasteiger partial charge on any atom is 0.206 e. The number of hydrogen-bond acceptors (Lipinski definition) is 2. The summed E-state index contributed by atoms with van der Waals surface area (Å²) in [5, 5.41) is 14.1. The van der Waals surface area contributed by atoms with E-state index in [1.807, 2.05) is 0 Å². The molecule has 0 radical (unpaired) electrons. The second kappa shape index (κ2) is 2.47. The summed E-state index contributed by atoms with van der Waals surface area (Å²) in [6, 6.07) is 1.47. The number of hydrogen-bond donors (Lipinski definition) is 2. The molecule has 1 rings (SSSR count). The predicted molar refractivity (Wildman–Crippen MR) is 27.5 cm³/mol. The molecule has 0 aliphatic carbocycles. The van der Waals surface area contributed by atoms with Crippen LogP contribution in [0.1, 0.15) is 0 Å². The van der Waals surface area contributed by atoms with E-state index >= 15 is 0 Å². The fourth-order valence-corrected chi connectivity index (χ4v) is 0.249. The van der Waals surface area contributed by atoms with Gasteiger partial charge in [-0.2, -0.15) is 5.10 Å². The van der Waals surface area contributed by atoms with Gasteiger partial charge in [-0.15, -0.1) is 12.4 Å². The van der Waals surface area contributed by atoms with E-state index in [1.54, 1.807) is 0 Å². The van der Waals surface area contributed by atoms with Gasteiger partial charge in [0.2, 0.25) is 5.88 Å². The number of nitrogens with zero attached hydrogens (tertiary/aromatic N) is 1. The van der Waals surface area contributed by atoms with Crippen LogP contribution in [0, 0.1) is 0 Å². The van der Waals surface area contributed by atoms with Gasteiger partial charge in [0.05, 0.1) is 6.20 Å². The Hall–Kier alpha value is -0.700. The Bertz CT molecular complexity index is 116. The monoisotopic (exact) mass is 120 g/mol. The molecule has 0 fully saturated rings. The lowest BCUT2D eigenvalue weighted by Gasteiger charge is -1.69. The van der Waals surface area contributed by atoms with Crippen LogP contribution < -0.4 is 0 Å². The fraction of sp³-hybridized carbons (Fsp3) is 0. The summed E-state index contributed by atoms with van der Waals surface area (Å²) in [7, 11) is 0. The first kappa shape index (κ1) is 6.30. The van der Waals surface area contributed by atoms with Crippen molar-refractivity contribution in [3.63, 3.8) is 0 Å². The highest BCUT2D eigenvalue weighted by Gasteiger charge is 1.77. The smallest absolute Gasteiger partial charge is 0.206 e. The molecule has 0 atom stereocenters. The molecule has 1 aromatic rings. The van der Waals surface area contributed by atoms with Gasteiger partial charge >= 0.3 is 0 Å². The molecule has 0 spiro atoms. The number of nitrogens with one attached hydrogen (secondary N) is 1. The Labute approximate surface area is 46.8 Å². The van der Waals surface area contributed by atoms with E-state index in [-0.39, 0.29) is 18.3 Å². The zero-order chi connectivity index (χ0) is 4.41. The third-order valence-corrected chi connectivity index (χ3v) is 0.486. The maximum atomic E-state index is 8.35. The molecular weight excluding hydrogens is 115 g/mol. The van der Waals surface area contributed by atoms with Crippen LogP contribution in [0.5, 0.6) is 5.88 Å². The van der Waals surface area contributed by atoms with Crippen molar-refractivity contribution >= 4 is 12.4 Å². The summed E-state index contributed by atoms with van der Waals surface area (Å²) in [5.41, 5.74) is 0. The third-order valence-electron chi connectivity index (χ3n) is 0.486. The second-order valence-corrected chi connectivity index (χ2v) is 0.942. The standard InChI is InChI=1S/C3H4N2O.ClH/c6-3-1-2-4-5-3;/h1-2H,(H2,4,5,6);1H. The van der Waals surface area contributed by atoms with Crippen molar-refractivity contribution in [1.82, 2.24) is 10.2 Å². The highest BCUT2D eigenvalue weighted by Crippen LogP contribution is 1.94. The SMILES string of the molecule is Cl.Oc1ccn[nH]1. The predicted octanol–water partition coefficient (Wildman–Crippen LogP) is 0.537. The Kier molecular flexibility index (Phi) is 2.22. The number of aromatic nitrogens is 2. The van der Waals surface area contributed by atoms with Crippen LogP contribution in [-0.2, 0) is 0 Å². The van der Waals surface area contributed by atoms with Crippen LogP contribution in [0.3, 0.4) is 0 Å². The van der Waals surface area contributed by atoms with E-state index in [0.717, 1.165) is 0 Å². The molecule has 1 aromatic heterocycles. The second-order valence-electron chi connectivity index (χ2n) is 0.942. The first-order valence-corrected chi connectivity index (χ1v) is 1.58. The summed E-state index contributed by atoms with van der Waals surface area (Å²) in [5.74, 6) is 0.106. The number of aromatic amines is 1. The molecule has 0 amide bonds. The van der Waals surface area contributed by atoms with Gasteiger partial charge < -0.3 is 5.11 Å². The van der Waals surface area contributed by atoms with Crippen molar-refractivity contribution in [2.75, 3.05) is 0 Å². The lowest BCUT2D eigenvalue weighted by Crippen LogP contribution is -1.59. The molecule has 1 heterocycles. The normalized spacial score (nSPS) is 7.43. The fourth-order valence-electron chi connectivity index (χ4n) is 0.249. The van der Waals surface area contributed by atoms with Gasteiger partial charge in [0, 0.05) is 6.07 Å². The minimum atomic E-state index is 0. The van der Waals surface area contributed by atoms with Crippen LogP contribution >= 0.6 is 12.4 Å². The van der Waals surface area contributed by atoms with E-state index in [2.05, 4.69) is 10.2 Å². The zero-order valence-corrected chi connectivity index (χ0v) is 4.27. The first-order valence-electron chi connectivity index (χ1n) is 1.58. The minimum absolute atomic E-state index is 0. The summed E-state index contributed by atoms with van der Waals surface area (Å²) in [6.07, 6.45) is 1.48. The first-order chi connectivity index (χ1) is 2.89. The Morgan fingerprint density at radius 3 is 2.57 bits per heavy atom. The Morgan fingerprint density at radius 1 is 1.71 bits per heavy atom. The van der Waals surface area contributed by atoms with Crippen LogP contribution in [0.2, 0.25) is 0 Å². The molecule has 0 aliphatic rings. The topological polar surface area (TPSA) is 48.9 Å². The molecule has 0 aromatic carbocycles. The van der Waals surface area contributed by atoms with Gasteiger partial charge in [-0.25, -0.2) is 5.10 Å². The summed E-state index contributed by atoms with van der Waals surface area (Å²) >= 11 is 0. The van der Waals surface area contributed by atoms with Crippen LogP contribution in [0.15, 0.2) is 12.3 Å². The lowest BCUT2D eigenvalue weighted by atomic mass is 10.7. The molecule has 7 heavy (non-hydrogen) atoms. The summed E-state index contributed by atoms with van der Waals surface area (Å²) < 4.78 is 0. The molecule has 3 nitrogen and oxygen atoms in total. The maximum absolute atomic E-state index is 8.35. The van der Waals surface area contributed by atoms with Crippen molar-refractivity contribution < 1.29 is 5.11 Å². The summed E-state index contributed by atoms with van der Waals surface area (Å²) in [4.78, 5) is 0. The van der Waals surface area contributed by atoms with Gasteiger partial charge in [-0.3, -0.25) is 0 Å². The Balaban J connectivity index is 0.000000360. The van der Waals surface area contributed by atoms with Crippen molar-refractivity contribution in [3.05, 3.63) is 12.3 Å². The van der Waals surface area contributed by atoms with Crippen molar-refractivity contribution in [2.45, 2.75) is 0 Å². The average molecular weight is 121 g/mol. The molecule has 0 saturated carbocycles. The van der Waals surface area contributed by atoms with Crippen molar-refractivity contribution in [3.8, 4) is 5.88 Å². The zero-order valence-electron chi connectivity index (χ0n) is 3.46. The van der Waals surface area contributed by atoms with Gasteiger partial charge in [-0.05, 0) is 0 Å². The van der Waals surface area contributed by atoms with Crippen LogP contribution in [-0.4, -0.2) is 15.3 Å². The number of halogens is 1. The van der Waals surface area contributed by atoms with Crippen LogP contribution in [0.4, 0.5) is 0 Å². The van der Waals surface area contributed by atoms with Gasteiger partial charge in [0.25, 0.3) is 0 Å². The molecular formula is C3H5ClN2O. The van der Waals surface area contributed by atoms with Gasteiger partial charge in [0.15, 0.2) is 0 Å². The van der Waals surface area contributed by atoms with E-state index in [0.29, 0.717) is 0 Å². The Morgan fingerprint density at radius 2 is 2.43 bits per heavy atom. The number of rotatable bonds is 0. The molecule has 40 valence electrons. The van der Waals surface area contributed by atoms with E-state index in [4.69, 9.17) is 5.11 Å². The molecule has 0 saturated heterocycles. The number of aromatic hydroxyl groups is 1. The van der Waals surface area contributed by atoms with Gasteiger partial charge in [0.1, 0.15) is 0 Å². The molecule has 2 N–H and O–H groups in total. The number of H-pyrrole nitrogens is 1. The lowest BCUT2D eigenvalue weighted by molar-refractivity contribution is 0.452. The average Bonchev–Trinajstić information content (AvgIpc) is 1.86. The van der Waals surface area contributed by atoms with Crippen LogP contribution in [0.25, 0.3) is 0 Å². The molecule has 0 bridgehead atoms. The molecule has 4 heteroatoms.